The summed E-state index contributed by atoms with van der Waals surface area (Å²) in [7, 11) is 1.66. The van der Waals surface area contributed by atoms with Gasteiger partial charge < -0.3 is 14.4 Å². The molecule has 1 spiro atoms. The highest BCUT2D eigenvalue weighted by atomic mass is 16.5. The number of amides is 1. The van der Waals surface area contributed by atoms with Crippen LogP contribution in [-0.4, -0.2) is 36.2 Å². The third-order valence-electron chi connectivity index (χ3n) is 5.63. The van der Waals surface area contributed by atoms with Gasteiger partial charge in [-0.25, -0.2) is 0 Å². The van der Waals surface area contributed by atoms with E-state index in [4.69, 9.17) is 9.47 Å². The lowest BCUT2D eigenvalue weighted by molar-refractivity contribution is -0.196. The van der Waals surface area contributed by atoms with E-state index >= 15 is 0 Å². The Morgan fingerprint density at radius 3 is 2.42 bits per heavy atom. The van der Waals surface area contributed by atoms with Gasteiger partial charge in [-0.3, -0.25) is 4.79 Å². The molecule has 0 aromatic heterocycles. The van der Waals surface area contributed by atoms with Crippen molar-refractivity contribution in [2.24, 2.45) is 0 Å². The van der Waals surface area contributed by atoms with Crippen LogP contribution in [0.2, 0.25) is 0 Å². The molecule has 136 valence electrons. The zero-order valence-corrected chi connectivity index (χ0v) is 15.2. The second kappa shape index (κ2) is 7.12. The molecule has 1 amide bonds. The molecule has 2 aliphatic rings. The van der Waals surface area contributed by atoms with Crippen molar-refractivity contribution in [3.63, 3.8) is 0 Å². The summed E-state index contributed by atoms with van der Waals surface area (Å²) in [5.74, 6) is 0.991. The second-order valence-electron chi connectivity index (χ2n) is 7.28. The van der Waals surface area contributed by atoms with Crippen LogP contribution < -0.4 is 4.74 Å². The maximum Gasteiger partial charge on any atom is 0.255 e. The Bertz CT molecular complexity index is 753. The van der Waals surface area contributed by atoms with E-state index in [0.717, 1.165) is 37.0 Å². The normalized spacial score (nSPS) is 21.5. The average molecular weight is 351 g/mol. The van der Waals surface area contributed by atoms with Crippen LogP contribution in [0.4, 0.5) is 0 Å². The molecule has 1 atom stereocenters. The van der Waals surface area contributed by atoms with Crippen LogP contribution in [0.1, 0.15) is 30.4 Å². The summed E-state index contributed by atoms with van der Waals surface area (Å²) in [6.07, 6.45) is 3.59. The summed E-state index contributed by atoms with van der Waals surface area (Å²) < 4.78 is 11.3. The molecule has 0 radical (unpaired) electrons. The number of methoxy groups -OCH3 is 1. The maximum absolute atomic E-state index is 13.2. The Hall–Kier alpha value is -2.33. The highest BCUT2D eigenvalue weighted by Crippen LogP contribution is 2.41. The summed E-state index contributed by atoms with van der Waals surface area (Å²) in [4.78, 5) is 15.3. The van der Waals surface area contributed by atoms with Crippen LogP contribution in [0.3, 0.4) is 0 Å². The van der Waals surface area contributed by atoms with E-state index in [0.29, 0.717) is 13.2 Å². The molecular formula is C22H25NO3. The number of benzene rings is 2. The van der Waals surface area contributed by atoms with Gasteiger partial charge in [0, 0.05) is 6.54 Å². The van der Waals surface area contributed by atoms with Crippen molar-refractivity contribution < 1.29 is 14.3 Å². The third-order valence-corrected chi connectivity index (χ3v) is 5.63. The zero-order chi connectivity index (χ0) is 18.0. The maximum atomic E-state index is 13.2. The molecule has 2 fully saturated rings. The lowest BCUT2D eigenvalue weighted by Gasteiger charge is -2.50. The minimum Gasteiger partial charge on any atom is -0.497 e. The molecule has 1 saturated heterocycles. The molecule has 4 nitrogen and oxygen atoms in total. The molecule has 2 aromatic carbocycles. The highest BCUT2D eigenvalue weighted by molar-refractivity contribution is 5.87. The molecule has 2 aromatic rings. The summed E-state index contributed by atoms with van der Waals surface area (Å²) in [6, 6.07) is 18.4. The van der Waals surface area contributed by atoms with Crippen molar-refractivity contribution in [2.75, 3.05) is 13.7 Å². The fourth-order valence-corrected chi connectivity index (χ4v) is 3.87. The van der Waals surface area contributed by atoms with Crippen molar-refractivity contribution in [3.8, 4) is 5.75 Å². The minimum atomic E-state index is -0.556. The topological polar surface area (TPSA) is 38.8 Å². The monoisotopic (exact) mass is 351 g/mol. The largest absolute Gasteiger partial charge is 0.497 e. The number of hydrogen-bond acceptors (Lipinski definition) is 3. The first kappa shape index (κ1) is 17.1. The molecule has 1 unspecified atom stereocenters. The first-order chi connectivity index (χ1) is 12.7. The van der Waals surface area contributed by atoms with E-state index in [1.807, 2.05) is 47.4 Å². The van der Waals surface area contributed by atoms with E-state index < -0.39 is 5.60 Å². The fraction of sp³-hybridized carbons (Fsp3) is 0.409. The summed E-state index contributed by atoms with van der Waals surface area (Å²) in [6.45, 7) is 1.22. The highest BCUT2D eigenvalue weighted by Gasteiger charge is 2.52. The van der Waals surface area contributed by atoms with Gasteiger partial charge >= 0.3 is 0 Å². The van der Waals surface area contributed by atoms with E-state index in [2.05, 4.69) is 12.1 Å². The molecular weight excluding hydrogens is 326 g/mol. The number of morpholine rings is 1. The Morgan fingerprint density at radius 1 is 1.08 bits per heavy atom. The van der Waals surface area contributed by atoms with E-state index in [1.165, 1.54) is 5.56 Å². The standard InChI is InChI=1S/C22H25NO3/c1-25-20-10-8-18(9-11-20)15-23-19(14-17-6-3-2-4-7-17)16-26-22(21(23)24)12-5-13-22/h2-4,6-11,19H,5,12-16H2,1H3. The zero-order valence-electron chi connectivity index (χ0n) is 15.2. The summed E-state index contributed by atoms with van der Waals surface area (Å²) >= 11 is 0. The fourth-order valence-electron chi connectivity index (χ4n) is 3.87. The van der Waals surface area contributed by atoms with Crippen LogP contribution in [-0.2, 0) is 22.5 Å². The number of carbonyl (C=O) groups is 1. The number of ether oxygens (including phenoxy) is 2. The molecule has 1 aliphatic carbocycles. The van der Waals surface area contributed by atoms with Crippen LogP contribution >= 0.6 is 0 Å². The Balaban J connectivity index is 1.56. The van der Waals surface area contributed by atoms with Gasteiger partial charge in [-0.05, 0) is 48.9 Å². The van der Waals surface area contributed by atoms with Gasteiger partial charge in [0.15, 0.2) is 0 Å². The van der Waals surface area contributed by atoms with Crippen LogP contribution in [0, 0.1) is 0 Å². The van der Waals surface area contributed by atoms with Crippen molar-refractivity contribution in [1.82, 2.24) is 4.90 Å². The molecule has 1 aliphatic heterocycles. The molecule has 1 heterocycles. The average Bonchev–Trinajstić information content (AvgIpc) is 2.65. The molecule has 0 bridgehead atoms. The van der Waals surface area contributed by atoms with Gasteiger partial charge in [0.05, 0.1) is 19.8 Å². The minimum absolute atomic E-state index is 0.0678. The van der Waals surface area contributed by atoms with Gasteiger partial charge in [0.2, 0.25) is 0 Å². The van der Waals surface area contributed by atoms with Crippen LogP contribution in [0.25, 0.3) is 0 Å². The molecule has 26 heavy (non-hydrogen) atoms. The Morgan fingerprint density at radius 2 is 1.81 bits per heavy atom. The number of nitrogens with zero attached hydrogens (tertiary/aromatic N) is 1. The Kier molecular flexibility index (Phi) is 4.68. The van der Waals surface area contributed by atoms with Crippen molar-refractivity contribution in [1.29, 1.82) is 0 Å². The number of hydrogen-bond donors (Lipinski definition) is 0. The van der Waals surface area contributed by atoms with Crippen molar-refractivity contribution in [3.05, 3.63) is 65.7 Å². The number of rotatable bonds is 5. The summed E-state index contributed by atoms with van der Waals surface area (Å²) in [5, 5.41) is 0. The molecule has 4 rings (SSSR count). The van der Waals surface area contributed by atoms with Gasteiger partial charge in [-0.1, -0.05) is 42.5 Å². The predicted molar refractivity (Wildman–Crippen MR) is 100 cm³/mol. The van der Waals surface area contributed by atoms with Crippen molar-refractivity contribution >= 4 is 5.91 Å². The van der Waals surface area contributed by atoms with Gasteiger partial charge in [-0.15, -0.1) is 0 Å². The SMILES string of the molecule is COc1ccc(CN2C(=O)C3(CCC3)OCC2Cc2ccccc2)cc1. The molecule has 1 saturated carbocycles. The van der Waals surface area contributed by atoms with E-state index in [1.54, 1.807) is 7.11 Å². The lowest BCUT2D eigenvalue weighted by Crippen LogP contribution is -2.63. The van der Waals surface area contributed by atoms with Gasteiger partial charge in [-0.2, -0.15) is 0 Å². The quantitative estimate of drug-likeness (QED) is 0.826. The van der Waals surface area contributed by atoms with Gasteiger partial charge in [0.25, 0.3) is 5.91 Å². The van der Waals surface area contributed by atoms with E-state index in [-0.39, 0.29) is 11.9 Å². The smallest absolute Gasteiger partial charge is 0.255 e. The second-order valence-corrected chi connectivity index (χ2v) is 7.28. The van der Waals surface area contributed by atoms with Crippen LogP contribution in [0.5, 0.6) is 5.75 Å². The first-order valence-corrected chi connectivity index (χ1v) is 9.32. The van der Waals surface area contributed by atoms with Crippen molar-refractivity contribution in [2.45, 2.75) is 43.9 Å². The van der Waals surface area contributed by atoms with Gasteiger partial charge in [0.1, 0.15) is 11.4 Å². The predicted octanol–water partition coefficient (Wildman–Crippen LogP) is 3.59. The number of carbonyl (C=O) groups excluding carboxylic acids is 1. The third kappa shape index (κ3) is 3.21. The molecule has 4 heteroatoms. The molecule has 0 N–H and O–H groups in total. The summed E-state index contributed by atoms with van der Waals surface area (Å²) in [5.41, 5.74) is 1.80. The van der Waals surface area contributed by atoms with Crippen LogP contribution in [0.15, 0.2) is 54.6 Å². The lowest BCUT2D eigenvalue weighted by atomic mass is 9.77. The first-order valence-electron chi connectivity index (χ1n) is 9.32. The Labute approximate surface area is 154 Å². The van der Waals surface area contributed by atoms with E-state index in [9.17, 15) is 4.79 Å².